The van der Waals surface area contributed by atoms with Gasteiger partial charge in [-0.05, 0) is 32.0 Å². The van der Waals surface area contributed by atoms with Crippen LogP contribution in [0.4, 0.5) is 5.82 Å². The van der Waals surface area contributed by atoms with E-state index in [4.69, 9.17) is 0 Å². The smallest absolute Gasteiger partial charge is 0.339 e. The predicted molar refractivity (Wildman–Crippen MR) is 75.7 cm³/mol. The maximum Gasteiger partial charge on any atom is 0.339 e. The highest BCUT2D eigenvalue weighted by atomic mass is 16.5. The summed E-state index contributed by atoms with van der Waals surface area (Å²) in [6.45, 7) is 2.26. The molecule has 0 amide bonds. The minimum atomic E-state index is -0.685. The Kier molecular flexibility index (Phi) is 4.57. The van der Waals surface area contributed by atoms with E-state index in [0.717, 1.165) is 25.9 Å². The number of nitrogens with one attached hydrogen (secondary N) is 1. The van der Waals surface area contributed by atoms with Gasteiger partial charge in [-0.1, -0.05) is 0 Å². The van der Waals surface area contributed by atoms with Crippen molar-refractivity contribution in [2.24, 2.45) is 0 Å². The monoisotopic (exact) mass is 279 g/mol. The van der Waals surface area contributed by atoms with Gasteiger partial charge in [0, 0.05) is 25.8 Å². The number of ether oxygens (including phenoxy) is 1. The molecule has 0 spiro atoms. The number of aliphatic hydroxyl groups is 1. The normalized spacial score (nSPS) is 18.6. The Morgan fingerprint density at radius 2 is 2.20 bits per heavy atom. The van der Waals surface area contributed by atoms with Crippen molar-refractivity contribution in [3.8, 4) is 0 Å². The molecule has 2 N–H and O–H groups in total. The largest absolute Gasteiger partial charge is 0.465 e. The molecule has 110 valence electrons. The van der Waals surface area contributed by atoms with Crippen molar-refractivity contribution in [2.75, 3.05) is 39.1 Å². The average molecular weight is 279 g/mol. The first-order valence-electron chi connectivity index (χ1n) is 6.72. The van der Waals surface area contributed by atoms with Crippen LogP contribution >= 0.6 is 0 Å². The minimum absolute atomic E-state index is 0.405. The van der Waals surface area contributed by atoms with Gasteiger partial charge in [0.15, 0.2) is 0 Å². The Morgan fingerprint density at radius 3 is 2.75 bits per heavy atom. The van der Waals surface area contributed by atoms with Crippen LogP contribution in [-0.2, 0) is 4.74 Å². The second kappa shape index (κ2) is 6.19. The van der Waals surface area contributed by atoms with Crippen LogP contribution in [0.5, 0.6) is 0 Å². The number of likely N-dealkylation sites (tertiary alicyclic amines) is 1. The van der Waals surface area contributed by atoms with E-state index in [2.05, 4.69) is 27.0 Å². The summed E-state index contributed by atoms with van der Waals surface area (Å²) in [5, 5.41) is 13.6. The second-order valence-corrected chi connectivity index (χ2v) is 5.30. The van der Waals surface area contributed by atoms with Crippen molar-refractivity contribution in [1.29, 1.82) is 0 Å². The number of methoxy groups -OCH3 is 1. The first kappa shape index (κ1) is 14.7. The molecule has 2 heterocycles. The summed E-state index contributed by atoms with van der Waals surface area (Å²) in [5.41, 5.74) is -0.272. The van der Waals surface area contributed by atoms with E-state index in [-0.39, 0.29) is 0 Å². The third-order valence-electron chi connectivity index (χ3n) is 3.70. The SMILES string of the molecule is COC(=O)c1ccc(NCC2(O)CCN(C)CC2)nc1. The molecule has 1 aliphatic rings. The van der Waals surface area contributed by atoms with Gasteiger partial charge in [-0.2, -0.15) is 0 Å². The fourth-order valence-corrected chi connectivity index (χ4v) is 2.20. The van der Waals surface area contributed by atoms with Gasteiger partial charge in [-0.3, -0.25) is 0 Å². The molecule has 2 rings (SSSR count). The molecule has 0 radical (unpaired) electrons. The zero-order valence-electron chi connectivity index (χ0n) is 11.9. The summed E-state index contributed by atoms with van der Waals surface area (Å²) in [7, 11) is 3.39. The van der Waals surface area contributed by atoms with Gasteiger partial charge >= 0.3 is 5.97 Å². The molecular weight excluding hydrogens is 258 g/mol. The van der Waals surface area contributed by atoms with Crippen LogP contribution in [0.1, 0.15) is 23.2 Å². The highest BCUT2D eigenvalue weighted by Crippen LogP contribution is 2.21. The Morgan fingerprint density at radius 1 is 1.50 bits per heavy atom. The fraction of sp³-hybridized carbons (Fsp3) is 0.571. The van der Waals surface area contributed by atoms with Gasteiger partial charge in [0.05, 0.1) is 18.3 Å². The molecule has 1 saturated heterocycles. The van der Waals surface area contributed by atoms with Crippen LogP contribution < -0.4 is 5.32 Å². The van der Waals surface area contributed by atoms with E-state index in [1.165, 1.54) is 13.3 Å². The molecule has 0 saturated carbocycles. The summed E-state index contributed by atoms with van der Waals surface area (Å²) in [6, 6.07) is 3.37. The summed E-state index contributed by atoms with van der Waals surface area (Å²) in [6.07, 6.45) is 2.96. The summed E-state index contributed by atoms with van der Waals surface area (Å²) < 4.78 is 4.61. The average Bonchev–Trinajstić information content (AvgIpc) is 2.48. The second-order valence-electron chi connectivity index (χ2n) is 5.30. The molecular formula is C14H21N3O3. The Bertz CT molecular complexity index is 453. The van der Waals surface area contributed by atoms with Crippen molar-refractivity contribution < 1.29 is 14.6 Å². The summed E-state index contributed by atoms with van der Waals surface area (Å²) in [4.78, 5) is 17.6. The van der Waals surface area contributed by atoms with Gasteiger partial charge in [0.25, 0.3) is 0 Å². The van der Waals surface area contributed by atoms with E-state index in [1.54, 1.807) is 12.1 Å². The zero-order chi connectivity index (χ0) is 14.6. The Balaban J connectivity index is 1.89. The molecule has 1 aromatic rings. The molecule has 0 unspecified atom stereocenters. The number of nitrogens with zero attached hydrogens (tertiary/aromatic N) is 2. The lowest BCUT2D eigenvalue weighted by atomic mass is 9.91. The standard InChI is InChI=1S/C14H21N3O3/c1-17-7-5-14(19,6-8-17)10-16-12-4-3-11(9-15-12)13(18)20-2/h3-4,9,19H,5-8,10H2,1-2H3,(H,15,16). The number of piperidine rings is 1. The van der Waals surface area contributed by atoms with Crippen molar-refractivity contribution >= 4 is 11.8 Å². The van der Waals surface area contributed by atoms with Crippen molar-refractivity contribution in [1.82, 2.24) is 9.88 Å². The van der Waals surface area contributed by atoms with Gasteiger partial charge < -0.3 is 20.1 Å². The summed E-state index contributed by atoms with van der Waals surface area (Å²) in [5.74, 6) is 0.239. The third-order valence-corrected chi connectivity index (χ3v) is 3.70. The molecule has 0 aliphatic carbocycles. The first-order valence-corrected chi connectivity index (χ1v) is 6.72. The lowest BCUT2D eigenvalue weighted by Crippen LogP contribution is -2.47. The van der Waals surface area contributed by atoms with Crippen LogP contribution in [0, 0.1) is 0 Å². The molecule has 0 atom stereocenters. The summed E-state index contributed by atoms with van der Waals surface area (Å²) >= 11 is 0. The van der Waals surface area contributed by atoms with Crippen molar-refractivity contribution in [3.05, 3.63) is 23.9 Å². The van der Waals surface area contributed by atoms with Gasteiger partial charge in [-0.25, -0.2) is 9.78 Å². The topological polar surface area (TPSA) is 74.7 Å². The number of carbonyl (C=O) groups is 1. The number of aromatic nitrogens is 1. The van der Waals surface area contributed by atoms with E-state index in [1.807, 2.05) is 0 Å². The molecule has 20 heavy (non-hydrogen) atoms. The maximum atomic E-state index is 11.3. The molecule has 0 aromatic carbocycles. The number of anilines is 1. The van der Waals surface area contributed by atoms with Gasteiger partial charge in [0.1, 0.15) is 5.82 Å². The van der Waals surface area contributed by atoms with Crippen LogP contribution in [0.15, 0.2) is 18.3 Å². The Hall–Kier alpha value is -1.66. The molecule has 1 aromatic heterocycles. The van der Waals surface area contributed by atoms with Crippen molar-refractivity contribution in [3.63, 3.8) is 0 Å². The first-order chi connectivity index (χ1) is 9.52. The number of esters is 1. The Labute approximate surface area is 118 Å². The van der Waals surface area contributed by atoms with Crippen LogP contribution in [0.3, 0.4) is 0 Å². The van der Waals surface area contributed by atoms with E-state index < -0.39 is 11.6 Å². The molecule has 1 fully saturated rings. The minimum Gasteiger partial charge on any atom is -0.465 e. The van der Waals surface area contributed by atoms with Gasteiger partial charge in [0.2, 0.25) is 0 Å². The molecule has 6 nitrogen and oxygen atoms in total. The lowest BCUT2D eigenvalue weighted by Gasteiger charge is -2.36. The van der Waals surface area contributed by atoms with Crippen LogP contribution in [0.2, 0.25) is 0 Å². The highest BCUT2D eigenvalue weighted by Gasteiger charge is 2.30. The number of pyridine rings is 1. The number of rotatable bonds is 4. The quantitative estimate of drug-likeness (QED) is 0.792. The van der Waals surface area contributed by atoms with Crippen molar-refractivity contribution in [2.45, 2.75) is 18.4 Å². The molecule has 1 aliphatic heterocycles. The van der Waals surface area contributed by atoms with E-state index in [9.17, 15) is 9.90 Å². The lowest BCUT2D eigenvalue weighted by molar-refractivity contribution is -0.00409. The maximum absolute atomic E-state index is 11.3. The van der Waals surface area contributed by atoms with Gasteiger partial charge in [-0.15, -0.1) is 0 Å². The van der Waals surface area contributed by atoms with E-state index in [0.29, 0.717) is 17.9 Å². The predicted octanol–water partition coefficient (Wildman–Crippen LogP) is 0.737. The molecule has 0 bridgehead atoms. The van der Waals surface area contributed by atoms with Crippen LogP contribution in [0.25, 0.3) is 0 Å². The number of carbonyl (C=O) groups excluding carboxylic acids is 1. The highest BCUT2D eigenvalue weighted by molar-refractivity contribution is 5.89. The third kappa shape index (κ3) is 3.68. The zero-order valence-corrected chi connectivity index (χ0v) is 11.9. The number of hydrogen-bond acceptors (Lipinski definition) is 6. The van der Waals surface area contributed by atoms with E-state index >= 15 is 0 Å². The van der Waals surface area contributed by atoms with Crippen LogP contribution in [-0.4, -0.2) is 60.4 Å². The molecule has 6 heteroatoms. The fourth-order valence-electron chi connectivity index (χ4n) is 2.20. The number of hydrogen-bond donors (Lipinski definition) is 2.